The van der Waals surface area contributed by atoms with Crippen LogP contribution in [-0.2, 0) is 4.79 Å². The van der Waals surface area contributed by atoms with E-state index in [0.717, 1.165) is 24.5 Å². The van der Waals surface area contributed by atoms with E-state index in [4.69, 9.17) is 4.74 Å². The van der Waals surface area contributed by atoms with Crippen molar-refractivity contribution < 1.29 is 9.53 Å². The Bertz CT molecular complexity index is 719. The van der Waals surface area contributed by atoms with Gasteiger partial charge in [-0.25, -0.2) is 0 Å². The second kappa shape index (κ2) is 8.75. The zero-order valence-corrected chi connectivity index (χ0v) is 15.7. The SMILES string of the molecule is CC(C)c1cccc(OCC(=O)Nc2ccc(N3CCCCC3)cc2)c1. The fraction of sp³-hybridized carbons (Fsp3) is 0.409. The molecule has 138 valence electrons. The van der Waals surface area contributed by atoms with E-state index in [1.54, 1.807) is 0 Å². The number of anilines is 2. The van der Waals surface area contributed by atoms with Gasteiger partial charge in [0.1, 0.15) is 5.75 Å². The summed E-state index contributed by atoms with van der Waals surface area (Å²) >= 11 is 0. The van der Waals surface area contributed by atoms with Crippen molar-refractivity contribution >= 4 is 17.3 Å². The van der Waals surface area contributed by atoms with Gasteiger partial charge in [0.15, 0.2) is 6.61 Å². The molecule has 26 heavy (non-hydrogen) atoms. The predicted octanol–water partition coefficient (Wildman–Crippen LogP) is 4.82. The van der Waals surface area contributed by atoms with Gasteiger partial charge >= 0.3 is 0 Å². The van der Waals surface area contributed by atoms with Crippen molar-refractivity contribution in [1.29, 1.82) is 0 Å². The number of benzene rings is 2. The van der Waals surface area contributed by atoms with Crippen molar-refractivity contribution in [2.45, 2.75) is 39.0 Å². The first-order valence-electron chi connectivity index (χ1n) is 9.49. The molecular formula is C22H28N2O2. The Balaban J connectivity index is 1.51. The molecular weight excluding hydrogens is 324 g/mol. The first kappa shape index (κ1) is 18.3. The van der Waals surface area contributed by atoms with Crippen LogP contribution in [0.15, 0.2) is 48.5 Å². The second-order valence-electron chi connectivity index (χ2n) is 7.16. The van der Waals surface area contributed by atoms with E-state index in [1.807, 2.05) is 30.3 Å². The number of nitrogens with one attached hydrogen (secondary N) is 1. The minimum absolute atomic E-state index is 0.00935. The lowest BCUT2D eigenvalue weighted by Gasteiger charge is -2.28. The summed E-state index contributed by atoms with van der Waals surface area (Å²) in [7, 11) is 0. The molecule has 1 aliphatic heterocycles. The molecule has 1 heterocycles. The lowest BCUT2D eigenvalue weighted by molar-refractivity contribution is -0.118. The van der Waals surface area contributed by atoms with Crippen LogP contribution in [0.1, 0.15) is 44.6 Å². The van der Waals surface area contributed by atoms with Crippen molar-refractivity contribution in [3.63, 3.8) is 0 Å². The van der Waals surface area contributed by atoms with Gasteiger partial charge < -0.3 is 15.0 Å². The van der Waals surface area contributed by atoms with E-state index in [-0.39, 0.29) is 12.5 Å². The number of amides is 1. The molecule has 0 radical (unpaired) electrons. The van der Waals surface area contributed by atoms with Crippen molar-refractivity contribution in [3.05, 3.63) is 54.1 Å². The molecule has 0 unspecified atom stereocenters. The van der Waals surface area contributed by atoms with E-state index in [0.29, 0.717) is 5.92 Å². The van der Waals surface area contributed by atoms with Crippen molar-refractivity contribution in [2.75, 3.05) is 29.9 Å². The highest BCUT2D eigenvalue weighted by Gasteiger charge is 2.11. The first-order valence-corrected chi connectivity index (χ1v) is 9.49. The summed E-state index contributed by atoms with van der Waals surface area (Å²) in [6, 6.07) is 16.0. The standard InChI is InChI=1S/C22H28N2O2/c1-17(2)18-7-6-8-21(15-18)26-16-22(25)23-19-9-11-20(12-10-19)24-13-4-3-5-14-24/h6-12,15,17H,3-5,13-14,16H2,1-2H3,(H,23,25). The van der Waals surface area contributed by atoms with Gasteiger partial charge in [0.25, 0.3) is 5.91 Å². The van der Waals surface area contributed by atoms with Gasteiger partial charge in [0, 0.05) is 24.5 Å². The summed E-state index contributed by atoms with van der Waals surface area (Å²) in [5.74, 6) is 1.02. The maximum Gasteiger partial charge on any atom is 0.262 e. The predicted molar refractivity (Wildman–Crippen MR) is 107 cm³/mol. The summed E-state index contributed by atoms with van der Waals surface area (Å²) in [6.45, 7) is 6.53. The Labute approximate surface area is 156 Å². The Morgan fingerprint density at radius 3 is 2.50 bits per heavy atom. The number of nitrogens with zero attached hydrogens (tertiary/aromatic N) is 1. The fourth-order valence-corrected chi connectivity index (χ4v) is 3.22. The molecule has 4 nitrogen and oxygen atoms in total. The Hall–Kier alpha value is -2.49. The van der Waals surface area contributed by atoms with Crippen molar-refractivity contribution in [2.24, 2.45) is 0 Å². The van der Waals surface area contributed by atoms with E-state index < -0.39 is 0 Å². The topological polar surface area (TPSA) is 41.6 Å². The Morgan fingerprint density at radius 1 is 1.08 bits per heavy atom. The third kappa shape index (κ3) is 5.01. The van der Waals surface area contributed by atoms with Crippen LogP contribution in [0.25, 0.3) is 0 Å². The number of rotatable bonds is 6. The van der Waals surface area contributed by atoms with Crippen LogP contribution in [0, 0.1) is 0 Å². The largest absolute Gasteiger partial charge is 0.484 e. The summed E-state index contributed by atoms with van der Waals surface area (Å²) in [5.41, 5.74) is 3.23. The molecule has 2 aromatic rings. The highest BCUT2D eigenvalue weighted by Crippen LogP contribution is 2.22. The zero-order chi connectivity index (χ0) is 18.4. The zero-order valence-electron chi connectivity index (χ0n) is 15.7. The third-order valence-electron chi connectivity index (χ3n) is 4.77. The van der Waals surface area contributed by atoms with E-state index in [1.165, 1.54) is 30.5 Å². The van der Waals surface area contributed by atoms with Crippen LogP contribution in [0.4, 0.5) is 11.4 Å². The monoisotopic (exact) mass is 352 g/mol. The summed E-state index contributed by atoms with van der Waals surface area (Å²) in [6.07, 6.45) is 3.84. The first-order chi connectivity index (χ1) is 12.6. The molecule has 1 amide bonds. The quantitative estimate of drug-likeness (QED) is 0.810. The van der Waals surface area contributed by atoms with Gasteiger partial charge in [-0.1, -0.05) is 26.0 Å². The number of ether oxygens (including phenoxy) is 1. The maximum absolute atomic E-state index is 12.1. The van der Waals surface area contributed by atoms with Crippen LogP contribution in [0.5, 0.6) is 5.75 Å². The van der Waals surface area contributed by atoms with Gasteiger partial charge in [0.05, 0.1) is 0 Å². The van der Waals surface area contributed by atoms with Crippen LogP contribution < -0.4 is 15.0 Å². The number of carbonyl (C=O) groups is 1. The summed E-state index contributed by atoms with van der Waals surface area (Å²) in [4.78, 5) is 14.5. The molecule has 4 heteroatoms. The maximum atomic E-state index is 12.1. The Kier molecular flexibility index (Phi) is 6.16. The van der Waals surface area contributed by atoms with E-state index >= 15 is 0 Å². The van der Waals surface area contributed by atoms with Crippen molar-refractivity contribution in [3.8, 4) is 5.75 Å². The molecule has 1 aliphatic rings. The molecule has 2 aromatic carbocycles. The normalized spacial score (nSPS) is 14.3. The number of hydrogen-bond donors (Lipinski definition) is 1. The molecule has 0 atom stereocenters. The summed E-state index contributed by atoms with van der Waals surface area (Å²) < 4.78 is 5.63. The van der Waals surface area contributed by atoms with E-state index in [9.17, 15) is 4.79 Å². The molecule has 0 bridgehead atoms. The van der Waals surface area contributed by atoms with Gasteiger partial charge in [-0.15, -0.1) is 0 Å². The van der Waals surface area contributed by atoms with Crippen LogP contribution >= 0.6 is 0 Å². The minimum Gasteiger partial charge on any atom is -0.484 e. The molecule has 0 saturated carbocycles. The second-order valence-corrected chi connectivity index (χ2v) is 7.16. The lowest BCUT2D eigenvalue weighted by atomic mass is 10.0. The average molecular weight is 352 g/mol. The molecule has 0 aliphatic carbocycles. The smallest absolute Gasteiger partial charge is 0.262 e. The van der Waals surface area contributed by atoms with Crippen LogP contribution in [0.2, 0.25) is 0 Å². The van der Waals surface area contributed by atoms with Crippen molar-refractivity contribution in [1.82, 2.24) is 0 Å². The molecule has 1 N–H and O–H groups in total. The number of piperidine rings is 1. The number of hydrogen-bond acceptors (Lipinski definition) is 3. The van der Waals surface area contributed by atoms with Gasteiger partial charge in [0.2, 0.25) is 0 Å². The molecule has 3 rings (SSSR count). The van der Waals surface area contributed by atoms with Gasteiger partial charge in [-0.05, 0) is 67.1 Å². The Morgan fingerprint density at radius 2 is 1.81 bits per heavy atom. The van der Waals surface area contributed by atoms with Crippen LogP contribution in [0.3, 0.4) is 0 Å². The number of carbonyl (C=O) groups excluding carboxylic acids is 1. The van der Waals surface area contributed by atoms with Crippen LogP contribution in [-0.4, -0.2) is 25.6 Å². The van der Waals surface area contributed by atoms with E-state index in [2.05, 4.69) is 42.3 Å². The molecule has 0 aromatic heterocycles. The lowest BCUT2D eigenvalue weighted by Crippen LogP contribution is -2.29. The van der Waals surface area contributed by atoms with Gasteiger partial charge in [-0.3, -0.25) is 4.79 Å². The minimum atomic E-state index is -0.148. The fourth-order valence-electron chi connectivity index (χ4n) is 3.22. The van der Waals surface area contributed by atoms with Gasteiger partial charge in [-0.2, -0.15) is 0 Å². The highest BCUT2D eigenvalue weighted by atomic mass is 16.5. The highest BCUT2D eigenvalue weighted by molar-refractivity contribution is 5.92. The third-order valence-corrected chi connectivity index (χ3v) is 4.77. The molecule has 1 saturated heterocycles. The summed E-state index contributed by atoms with van der Waals surface area (Å²) in [5, 5.41) is 2.90. The average Bonchev–Trinajstić information content (AvgIpc) is 2.68. The molecule has 1 fully saturated rings. The molecule has 0 spiro atoms.